The van der Waals surface area contributed by atoms with Crippen LogP contribution in [0.15, 0.2) is 54.6 Å². The van der Waals surface area contributed by atoms with Gasteiger partial charge < -0.3 is 9.64 Å². The fourth-order valence-corrected chi connectivity index (χ4v) is 4.29. The van der Waals surface area contributed by atoms with E-state index in [2.05, 4.69) is 4.72 Å². The zero-order valence-corrected chi connectivity index (χ0v) is 16.1. The molecule has 10 heteroatoms. The van der Waals surface area contributed by atoms with Crippen molar-refractivity contribution in [1.29, 1.82) is 0 Å². The van der Waals surface area contributed by atoms with Gasteiger partial charge in [-0.1, -0.05) is 30.3 Å². The molecule has 2 aliphatic rings. The molecule has 0 fully saturated rings. The summed E-state index contributed by atoms with van der Waals surface area (Å²) in [5.41, 5.74) is 1.24. The van der Waals surface area contributed by atoms with Gasteiger partial charge in [-0.2, -0.15) is 13.2 Å². The van der Waals surface area contributed by atoms with Gasteiger partial charge in [-0.15, -0.1) is 0 Å². The Bertz CT molecular complexity index is 1070. The SMILES string of the molecule is O=C1C=C(c2ccc(OC3CN(CC(F)(F)F)C(=O)c4ccccc43)cc2)S(=O)N1. The third kappa shape index (κ3) is 4.09. The Balaban J connectivity index is 1.58. The summed E-state index contributed by atoms with van der Waals surface area (Å²) in [4.78, 5) is 24.8. The van der Waals surface area contributed by atoms with Crippen LogP contribution < -0.4 is 9.46 Å². The normalized spacial score (nSPS) is 21.2. The van der Waals surface area contributed by atoms with Crippen LogP contribution >= 0.6 is 0 Å². The zero-order chi connectivity index (χ0) is 21.5. The monoisotopic (exact) mass is 436 g/mol. The second kappa shape index (κ2) is 7.60. The maximum Gasteiger partial charge on any atom is 0.406 e. The van der Waals surface area contributed by atoms with Crippen LogP contribution in [0.1, 0.15) is 27.6 Å². The largest absolute Gasteiger partial charge is 0.484 e. The predicted octanol–water partition coefficient (Wildman–Crippen LogP) is 2.96. The first-order chi connectivity index (χ1) is 14.2. The molecule has 0 radical (unpaired) electrons. The van der Waals surface area contributed by atoms with Gasteiger partial charge in [0.1, 0.15) is 18.4 Å². The lowest BCUT2D eigenvalue weighted by molar-refractivity contribution is -0.143. The number of alkyl halides is 3. The number of amides is 2. The van der Waals surface area contributed by atoms with Gasteiger partial charge >= 0.3 is 6.18 Å². The summed E-state index contributed by atoms with van der Waals surface area (Å²) in [5.74, 6) is -0.772. The van der Waals surface area contributed by atoms with E-state index in [1.54, 1.807) is 42.5 Å². The number of nitrogens with zero attached hydrogens (tertiary/aromatic N) is 1. The molecule has 2 aromatic carbocycles. The highest BCUT2D eigenvalue weighted by molar-refractivity contribution is 7.93. The van der Waals surface area contributed by atoms with Crippen molar-refractivity contribution in [3.8, 4) is 5.75 Å². The van der Waals surface area contributed by atoms with E-state index >= 15 is 0 Å². The molecule has 2 unspecified atom stereocenters. The molecule has 2 aromatic rings. The van der Waals surface area contributed by atoms with Crippen molar-refractivity contribution in [1.82, 2.24) is 9.62 Å². The molecule has 0 spiro atoms. The molecular formula is C20H15F3N2O4S. The summed E-state index contributed by atoms with van der Waals surface area (Å²) < 4.78 is 58.7. The third-order valence-electron chi connectivity index (χ3n) is 4.65. The van der Waals surface area contributed by atoms with Crippen molar-refractivity contribution < 1.29 is 31.7 Å². The average molecular weight is 436 g/mol. The summed E-state index contributed by atoms with van der Waals surface area (Å²) in [5, 5.41) is 0. The smallest absolute Gasteiger partial charge is 0.406 e. The van der Waals surface area contributed by atoms with Crippen LogP contribution in [0.5, 0.6) is 5.75 Å². The lowest BCUT2D eigenvalue weighted by atomic mass is 9.96. The molecule has 2 amide bonds. The van der Waals surface area contributed by atoms with Gasteiger partial charge in [0.15, 0.2) is 11.0 Å². The Morgan fingerprint density at radius 2 is 1.80 bits per heavy atom. The number of carbonyl (C=O) groups is 2. The number of ether oxygens (including phenoxy) is 1. The van der Waals surface area contributed by atoms with E-state index in [0.29, 0.717) is 21.8 Å². The number of carbonyl (C=O) groups excluding carboxylic acids is 2. The van der Waals surface area contributed by atoms with E-state index in [1.807, 2.05) is 0 Å². The number of halogens is 3. The van der Waals surface area contributed by atoms with Gasteiger partial charge in [0, 0.05) is 17.2 Å². The van der Waals surface area contributed by atoms with Crippen LogP contribution in [0.3, 0.4) is 0 Å². The molecule has 1 N–H and O–H groups in total. The van der Waals surface area contributed by atoms with Crippen molar-refractivity contribution in [2.45, 2.75) is 12.3 Å². The summed E-state index contributed by atoms with van der Waals surface area (Å²) in [6.07, 6.45) is -4.07. The standard InChI is InChI=1S/C20H15F3N2O4S/c21-20(22,23)11-25-10-16(14-3-1-2-4-15(14)19(25)27)29-13-7-5-12(6-8-13)17-9-18(26)24-30(17)28/h1-9,16H,10-11H2,(H,24,26). The molecule has 6 nitrogen and oxygen atoms in total. The molecule has 0 saturated heterocycles. The van der Waals surface area contributed by atoms with Crippen molar-refractivity contribution in [2.75, 3.05) is 13.1 Å². The van der Waals surface area contributed by atoms with Gasteiger partial charge in [-0.25, -0.2) is 4.21 Å². The first-order valence-corrected chi connectivity index (χ1v) is 10.0. The first kappa shape index (κ1) is 20.1. The minimum Gasteiger partial charge on any atom is -0.484 e. The summed E-state index contributed by atoms with van der Waals surface area (Å²) in [6.45, 7) is -1.61. The van der Waals surface area contributed by atoms with Crippen LogP contribution in [-0.2, 0) is 15.8 Å². The van der Waals surface area contributed by atoms with Crippen LogP contribution in [0, 0.1) is 0 Å². The molecule has 0 aromatic heterocycles. The van der Waals surface area contributed by atoms with Crippen LogP contribution in [0.25, 0.3) is 4.91 Å². The van der Waals surface area contributed by atoms with E-state index in [9.17, 15) is 27.0 Å². The van der Waals surface area contributed by atoms with Crippen molar-refractivity contribution >= 4 is 27.7 Å². The van der Waals surface area contributed by atoms with E-state index in [1.165, 1.54) is 12.1 Å². The minimum absolute atomic E-state index is 0.172. The number of nitrogens with one attached hydrogen (secondary N) is 1. The second-order valence-electron chi connectivity index (χ2n) is 6.76. The number of hydrogen-bond donors (Lipinski definition) is 1. The third-order valence-corrected chi connectivity index (χ3v) is 5.79. The van der Waals surface area contributed by atoms with E-state index in [-0.39, 0.29) is 12.1 Å². The lowest BCUT2D eigenvalue weighted by Crippen LogP contribution is -2.45. The van der Waals surface area contributed by atoms with Gasteiger partial charge in [-0.05, 0) is 23.8 Å². The van der Waals surface area contributed by atoms with E-state index < -0.39 is 41.6 Å². The van der Waals surface area contributed by atoms with Crippen molar-refractivity contribution in [3.63, 3.8) is 0 Å². The molecule has 0 saturated carbocycles. The highest BCUT2D eigenvalue weighted by Crippen LogP contribution is 2.33. The predicted molar refractivity (Wildman–Crippen MR) is 102 cm³/mol. The number of rotatable bonds is 4. The molecule has 0 bridgehead atoms. The Hall–Kier alpha value is -3.14. The summed E-state index contributed by atoms with van der Waals surface area (Å²) >= 11 is 0. The summed E-state index contributed by atoms with van der Waals surface area (Å²) in [7, 11) is -1.63. The molecule has 2 atom stereocenters. The maximum absolute atomic E-state index is 12.9. The minimum atomic E-state index is -4.52. The maximum atomic E-state index is 12.9. The highest BCUT2D eigenvalue weighted by atomic mass is 32.2. The first-order valence-electron chi connectivity index (χ1n) is 8.87. The van der Waals surface area contributed by atoms with Crippen molar-refractivity contribution in [3.05, 3.63) is 71.3 Å². The lowest BCUT2D eigenvalue weighted by Gasteiger charge is -2.34. The van der Waals surface area contributed by atoms with Crippen LogP contribution in [0.2, 0.25) is 0 Å². The molecular weight excluding hydrogens is 421 g/mol. The molecule has 4 rings (SSSR count). The number of fused-ring (bicyclic) bond motifs is 1. The Kier molecular flexibility index (Phi) is 5.10. The van der Waals surface area contributed by atoms with E-state index in [0.717, 1.165) is 4.90 Å². The fraction of sp³-hybridized carbons (Fsp3) is 0.200. The number of hydrogen-bond acceptors (Lipinski definition) is 4. The van der Waals surface area contributed by atoms with Crippen molar-refractivity contribution in [2.24, 2.45) is 0 Å². The zero-order valence-electron chi connectivity index (χ0n) is 15.3. The molecule has 30 heavy (non-hydrogen) atoms. The Labute approximate surface area is 171 Å². The molecule has 156 valence electrons. The van der Waals surface area contributed by atoms with Gasteiger partial charge in [0.05, 0.1) is 11.4 Å². The summed E-state index contributed by atoms with van der Waals surface area (Å²) in [6, 6.07) is 12.8. The quantitative estimate of drug-likeness (QED) is 0.800. The fourth-order valence-electron chi connectivity index (χ4n) is 3.38. The Morgan fingerprint density at radius 1 is 1.10 bits per heavy atom. The van der Waals surface area contributed by atoms with Gasteiger partial charge in [0.2, 0.25) is 0 Å². The number of benzene rings is 2. The highest BCUT2D eigenvalue weighted by Gasteiger charge is 2.39. The molecule has 2 aliphatic heterocycles. The van der Waals surface area contributed by atoms with Gasteiger partial charge in [-0.3, -0.25) is 14.3 Å². The van der Waals surface area contributed by atoms with Crippen LogP contribution in [-0.4, -0.2) is 40.2 Å². The second-order valence-corrected chi connectivity index (χ2v) is 7.94. The van der Waals surface area contributed by atoms with E-state index in [4.69, 9.17) is 4.74 Å². The average Bonchev–Trinajstić information content (AvgIpc) is 3.03. The molecule has 2 heterocycles. The van der Waals surface area contributed by atoms with Crippen LogP contribution in [0.4, 0.5) is 13.2 Å². The molecule has 0 aliphatic carbocycles. The Morgan fingerprint density at radius 3 is 2.43 bits per heavy atom. The topological polar surface area (TPSA) is 75.7 Å². The van der Waals surface area contributed by atoms with Gasteiger partial charge in [0.25, 0.3) is 11.8 Å².